The van der Waals surface area contributed by atoms with Crippen LogP contribution in [0.15, 0.2) is 54.7 Å². The first-order valence-electron chi connectivity index (χ1n) is 6.32. The van der Waals surface area contributed by atoms with E-state index in [1.54, 1.807) is 0 Å². The van der Waals surface area contributed by atoms with Crippen molar-refractivity contribution in [2.24, 2.45) is 7.05 Å². The van der Waals surface area contributed by atoms with E-state index in [4.69, 9.17) is 0 Å². The standard InChI is InChI=1S/C17H17N/c1-13-8-9-17-16(10-13)15(12-18(17)2)11-14-6-4-3-5-7-14/h3-10,12H,11H2,1-2H3. The minimum atomic E-state index is 1.00. The summed E-state index contributed by atoms with van der Waals surface area (Å²) in [7, 11) is 2.12. The molecule has 0 aliphatic heterocycles. The van der Waals surface area contributed by atoms with E-state index in [0.717, 1.165) is 6.42 Å². The van der Waals surface area contributed by atoms with Crippen molar-refractivity contribution in [2.75, 3.05) is 0 Å². The van der Waals surface area contributed by atoms with E-state index in [2.05, 4.69) is 73.3 Å². The zero-order chi connectivity index (χ0) is 12.5. The van der Waals surface area contributed by atoms with Crippen LogP contribution in [0.5, 0.6) is 0 Å². The van der Waals surface area contributed by atoms with Crippen molar-refractivity contribution in [1.29, 1.82) is 0 Å². The highest BCUT2D eigenvalue weighted by atomic mass is 14.9. The lowest BCUT2D eigenvalue weighted by Crippen LogP contribution is -1.86. The van der Waals surface area contributed by atoms with Crippen LogP contribution in [0.25, 0.3) is 10.9 Å². The molecular weight excluding hydrogens is 218 g/mol. The predicted molar refractivity (Wildman–Crippen MR) is 76.9 cm³/mol. The lowest BCUT2D eigenvalue weighted by Gasteiger charge is -2.00. The summed E-state index contributed by atoms with van der Waals surface area (Å²) in [5.74, 6) is 0. The molecule has 0 spiro atoms. The van der Waals surface area contributed by atoms with Crippen LogP contribution < -0.4 is 0 Å². The maximum Gasteiger partial charge on any atom is 0.0480 e. The molecule has 0 bridgehead atoms. The van der Waals surface area contributed by atoms with Gasteiger partial charge in [-0.2, -0.15) is 0 Å². The molecular formula is C17H17N. The van der Waals surface area contributed by atoms with Crippen molar-refractivity contribution >= 4 is 10.9 Å². The highest BCUT2D eigenvalue weighted by molar-refractivity contribution is 5.85. The van der Waals surface area contributed by atoms with Crippen molar-refractivity contribution in [3.63, 3.8) is 0 Å². The Balaban J connectivity index is 2.09. The molecule has 18 heavy (non-hydrogen) atoms. The molecule has 0 unspecified atom stereocenters. The van der Waals surface area contributed by atoms with Crippen LogP contribution in [0.1, 0.15) is 16.7 Å². The van der Waals surface area contributed by atoms with Gasteiger partial charge < -0.3 is 4.57 Å². The summed E-state index contributed by atoms with van der Waals surface area (Å²) in [5.41, 5.74) is 5.41. The minimum absolute atomic E-state index is 1.00. The lowest BCUT2D eigenvalue weighted by atomic mass is 10.0. The van der Waals surface area contributed by atoms with Gasteiger partial charge >= 0.3 is 0 Å². The maximum atomic E-state index is 2.29. The highest BCUT2D eigenvalue weighted by Crippen LogP contribution is 2.24. The van der Waals surface area contributed by atoms with Gasteiger partial charge in [-0.3, -0.25) is 0 Å². The molecule has 0 radical (unpaired) electrons. The monoisotopic (exact) mass is 235 g/mol. The van der Waals surface area contributed by atoms with Crippen molar-refractivity contribution < 1.29 is 0 Å². The maximum absolute atomic E-state index is 2.29. The third-order valence-corrected chi connectivity index (χ3v) is 3.46. The molecule has 1 heteroatoms. The van der Waals surface area contributed by atoms with Crippen LogP contribution in [-0.4, -0.2) is 4.57 Å². The second kappa shape index (κ2) is 4.34. The second-order valence-corrected chi connectivity index (χ2v) is 4.95. The predicted octanol–water partition coefficient (Wildman–Crippen LogP) is 4.08. The van der Waals surface area contributed by atoms with Gasteiger partial charge in [0, 0.05) is 24.1 Å². The number of rotatable bonds is 2. The van der Waals surface area contributed by atoms with E-state index >= 15 is 0 Å². The van der Waals surface area contributed by atoms with Gasteiger partial charge in [-0.15, -0.1) is 0 Å². The average Bonchev–Trinajstić information content (AvgIpc) is 2.67. The number of benzene rings is 2. The van der Waals surface area contributed by atoms with E-state index in [1.807, 2.05) is 0 Å². The molecule has 0 N–H and O–H groups in total. The number of hydrogen-bond acceptors (Lipinski definition) is 0. The highest BCUT2D eigenvalue weighted by Gasteiger charge is 2.07. The van der Waals surface area contributed by atoms with Gasteiger partial charge in [0.25, 0.3) is 0 Å². The SMILES string of the molecule is Cc1ccc2c(c1)c(Cc1ccccc1)cn2C. The summed E-state index contributed by atoms with van der Waals surface area (Å²) in [5, 5.41) is 1.38. The first-order valence-corrected chi connectivity index (χ1v) is 6.32. The molecule has 0 fully saturated rings. The Morgan fingerprint density at radius 1 is 1.00 bits per heavy atom. The Morgan fingerprint density at radius 2 is 1.78 bits per heavy atom. The van der Waals surface area contributed by atoms with Crippen LogP contribution in [0, 0.1) is 6.92 Å². The topological polar surface area (TPSA) is 4.93 Å². The quantitative estimate of drug-likeness (QED) is 0.631. The molecule has 0 saturated carbocycles. The summed E-state index contributed by atoms with van der Waals surface area (Å²) in [4.78, 5) is 0. The largest absolute Gasteiger partial charge is 0.350 e. The summed E-state index contributed by atoms with van der Waals surface area (Å²) in [6.45, 7) is 2.15. The summed E-state index contributed by atoms with van der Waals surface area (Å²) in [6.07, 6.45) is 3.25. The molecule has 0 amide bonds. The smallest absolute Gasteiger partial charge is 0.0480 e. The lowest BCUT2D eigenvalue weighted by molar-refractivity contribution is 0.958. The molecule has 0 aliphatic carbocycles. The number of fused-ring (bicyclic) bond motifs is 1. The normalized spacial score (nSPS) is 11.0. The summed E-state index contributed by atoms with van der Waals surface area (Å²) in [6, 6.07) is 17.3. The molecule has 0 saturated heterocycles. The van der Waals surface area contributed by atoms with Gasteiger partial charge in [-0.1, -0.05) is 42.0 Å². The molecule has 0 atom stereocenters. The van der Waals surface area contributed by atoms with Crippen molar-refractivity contribution in [1.82, 2.24) is 4.57 Å². The van der Waals surface area contributed by atoms with Crippen LogP contribution in [0.4, 0.5) is 0 Å². The summed E-state index contributed by atoms with van der Waals surface area (Å²) < 4.78 is 2.22. The fourth-order valence-corrected chi connectivity index (χ4v) is 2.54. The van der Waals surface area contributed by atoms with E-state index < -0.39 is 0 Å². The van der Waals surface area contributed by atoms with Crippen molar-refractivity contribution in [3.05, 3.63) is 71.4 Å². The zero-order valence-corrected chi connectivity index (χ0v) is 10.9. The molecule has 0 aliphatic rings. The Morgan fingerprint density at radius 3 is 2.56 bits per heavy atom. The molecule has 1 aromatic heterocycles. The minimum Gasteiger partial charge on any atom is -0.350 e. The number of aryl methyl sites for hydroxylation is 2. The Kier molecular flexibility index (Phi) is 2.67. The summed E-state index contributed by atoms with van der Waals surface area (Å²) >= 11 is 0. The van der Waals surface area contributed by atoms with E-state index in [1.165, 1.54) is 27.6 Å². The molecule has 3 rings (SSSR count). The fraction of sp³-hybridized carbons (Fsp3) is 0.176. The van der Waals surface area contributed by atoms with Crippen LogP contribution in [0.3, 0.4) is 0 Å². The van der Waals surface area contributed by atoms with E-state index in [0.29, 0.717) is 0 Å². The third kappa shape index (κ3) is 1.92. The van der Waals surface area contributed by atoms with Gasteiger partial charge in [0.15, 0.2) is 0 Å². The molecule has 1 heterocycles. The second-order valence-electron chi connectivity index (χ2n) is 4.95. The number of nitrogens with zero attached hydrogens (tertiary/aromatic N) is 1. The van der Waals surface area contributed by atoms with Gasteiger partial charge in [-0.05, 0) is 36.6 Å². The van der Waals surface area contributed by atoms with E-state index in [-0.39, 0.29) is 0 Å². The molecule has 90 valence electrons. The molecule has 3 aromatic rings. The number of aromatic nitrogens is 1. The van der Waals surface area contributed by atoms with Crippen molar-refractivity contribution in [2.45, 2.75) is 13.3 Å². The average molecular weight is 235 g/mol. The first kappa shape index (κ1) is 11.1. The third-order valence-electron chi connectivity index (χ3n) is 3.46. The Labute approximate surface area is 108 Å². The van der Waals surface area contributed by atoms with Gasteiger partial charge in [0.2, 0.25) is 0 Å². The Bertz CT molecular complexity index is 677. The fourth-order valence-electron chi connectivity index (χ4n) is 2.54. The zero-order valence-electron chi connectivity index (χ0n) is 10.9. The molecule has 2 aromatic carbocycles. The Hall–Kier alpha value is -2.02. The van der Waals surface area contributed by atoms with Gasteiger partial charge in [0.05, 0.1) is 0 Å². The first-order chi connectivity index (χ1) is 8.74. The number of hydrogen-bond donors (Lipinski definition) is 0. The van der Waals surface area contributed by atoms with Gasteiger partial charge in [-0.25, -0.2) is 0 Å². The van der Waals surface area contributed by atoms with Crippen molar-refractivity contribution in [3.8, 4) is 0 Å². The van der Waals surface area contributed by atoms with Crippen LogP contribution >= 0.6 is 0 Å². The van der Waals surface area contributed by atoms with Crippen LogP contribution in [-0.2, 0) is 13.5 Å². The molecule has 1 nitrogen and oxygen atoms in total. The van der Waals surface area contributed by atoms with E-state index in [9.17, 15) is 0 Å². The van der Waals surface area contributed by atoms with Crippen LogP contribution in [0.2, 0.25) is 0 Å². The van der Waals surface area contributed by atoms with Gasteiger partial charge in [0.1, 0.15) is 0 Å².